The second kappa shape index (κ2) is 10.7. The first-order chi connectivity index (χ1) is 10.7. The van der Waals surface area contributed by atoms with Crippen molar-refractivity contribution in [1.29, 1.82) is 0 Å². The minimum Gasteiger partial charge on any atom is -1.00 e. The molecule has 0 spiro atoms. The molecule has 0 aromatic heterocycles. The third-order valence-electron chi connectivity index (χ3n) is 3.16. The Morgan fingerprint density at radius 2 is 1.87 bits per heavy atom. The number of hydrogen-bond donors (Lipinski definition) is 0. The first kappa shape index (κ1) is 20.0. The summed E-state index contributed by atoms with van der Waals surface area (Å²) in [6.45, 7) is 2.35. The molecule has 0 saturated carbocycles. The number of carbonyl (C=O) groups is 1. The number of esters is 1. The van der Waals surface area contributed by atoms with Gasteiger partial charge in [0.25, 0.3) is 0 Å². The Morgan fingerprint density at radius 3 is 2.57 bits per heavy atom. The third kappa shape index (κ3) is 6.56. The van der Waals surface area contributed by atoms with Crippen molar-refractivity contribution >= 4 is 17.6 Å². The van der Waals surface area contributed by atoms with Crippen LogP contribution in [0.5, 0.6) is 11.5 Å². The van der Waals surface area contributed by atoms with Crippen molar-refractivity contribution in [3.05, 3.63) is 59.1 Å². The van der Waals surface area contributed by atoms with Crippen LogP contribution < -0.4 is 39.0 Å². The fourth-order valence-corrected chi connectivity index (χ4v) is 2.25. The van der Waals surface area contributed by atoms with Crippen LogP contribution >= 0.6 is 11.6 Å². The van der Waals surface area contributed by atoms with Crippen molar-refractivity contribution < 1.29 is 45.3 Å². The van der Waals surface area contributed by atoms with Crippen molar-refractivity contribution in [3.63, 3.8) is 0 Å². The standard InChI is InChI=1S/C18H19ClO3.Na.H/c1-2-17(20)22-18-14(8-6-12-16(18)19)9-7-13-21-15-10-4-3-5-11-15;;/h3-6,8,10-12H,2,7,9,13H2,1H3;;/q;+1;-1. The molecule has 3 nitrogen and oxygen atoms in total. The second-order valence-corrected chi connectivity index (χ2v) is 5.23. The van der Waals surface area contributed by atoms with E-state index in [1.54, 1.807) is 13.0 Å². The zero-order valence-corrected chi connectivity index (χ0v) is 16.3. The van der Waals surface area contributed by atoms with Crippen LogP contribution in [0.15, 0.2) is 48.5 Å². The summed E-state index contributed by atoms with van der Waals surface area (Å²) < 4.78 is 11.0. The minimum atomic E-state index is -0.283. The maximum absolute atomic E-state index is 11.5. The van der Waals surface area contributed by atoms with Crippen molar-refractivity contribution in [2.75, 3.05) is 6.61 Å². The van der Waals surface area contributed by atoms with Crippen LogP contribution in [-0.2, 0) is 11.2 Å². The van der Waals surface area contributed by atoms with Crippen LogP contribution in [0.3, 0.4) is 0 Å². The fraction of sp³-hybridized carbons (Fsp3) is 0.278. The van der Waals surface area contributed by atoms with Crippen LogP contribution in [0.1, 0.15) is 26.8 Å². The molecule has 0 radical (unpaired) electrons. The number of rotatable bonds is 7. The molecule has 2 rings (SSSR count). The smallest absolute Gasteiger partial charge is 1.00 e. The number of aryl methyl sites for hydroxylation is 1. The number of hydrogen-bond acceptors (Lipinski definition) is 3. The Morgan fingerprint density at radius 1 is 1.13 bits per heavy atom. The maximum atomic E-state index is 11.5. The van der Waals surface area contributed by atoms with Crippen molar-refractivity contribution in [2.24, 2.45) is 0 Å². The molecule has 0 fully saturated rings. The van der Waals surface area contributed by atoms with Crippen molar-refractivity contribution in [2.45, 2.75) is 26.2 Å². The molecule has 5 heteroatoms. The predicted molar refractivity (Wildman–Crippen MR) is 88.7 cm³/mol. The van der Waals surface area contributed by atoms with E-state index in [1.807, 2.05) is 42.5 Å². The average Bonchev–Trinajstić information content (AvgIpc) is 2.55. The van der Waals surface area contributed by atoms with Crippen molar-refractivity contribution in [1.82, 2.24) is 0 Å². The molecule has 0 aliphatic carbocycles. The van der Waals surface area contributed by atoms with E-state index in [9.17, 15) is 4.79 Å². The summed E-state index contributed by atoms with van der Waals surface area (Å²) in [6.07, 6.45) is 1.87. The van der Waals surface area contributed by atoms with Gasteiger partial charge < -0.3 is 10.9 Å². The van der Waals surface area contributed by atoms with E-state index in [4.69, 9.17) is 21.1 Å². The van der Waals surface area contributed by atoms with Gasteiger partial charge in [-0.3, -0.25) is 4.79 Å². The normalized spacial score (nSPS) is 9.83. The quantitative estimate of drug-likeness (QED) is 0.333. The fourth-order valence-electron chi connectivity index (χ4n) is 2.02. The molecule has 0 aliphatic rings. The van der Waals surface area contributed by atoms with Gasteiger partial charge in [-0.2, -0.15) is 0 Å². The third-order valence-corrected chi connectivity index (χ3v) is 3.45. The molecule has 0 atom stereocenters. The van der Waals surface area contributed by atoms with Gasteiger partial charge in [0.15, 0.2) is 5.75 Å². The molecule has 0 N–H and O–H groups in total. The van der Waals surface area contributed by atoms with Gasteiger partial charge in [-0.25, -0.2) is 0 Å². The van der Waals surface area contributed by atoms with Gasteiger partial charge in [-0.1, -0.05) is 48.9 Å². The molecule has 0 saturated heterocycles. The predicted octanol–water partition coefficient (Wildman–Crippen LogP) is 1.78. The Bertz CT molecular complexity index is 623. The molecule has 0 aliphatic heterocycles. The zero-order chi connectivity index (χ0) is 15.8. The SMILES string of the molecule is CCC(=O)Oc1c(Cl)cccc1CCCOc1ccccc1.[H-].[Na+]. The summed E-state index contributed by atoms with van der Waals surface area (Å²) in [4.78, 5) is 11.5. The molecular formula is C18H20ClNaO3. The number of carbonyl (C=O) groups excluding carboxylic acids is 1. The van der Waals surface area contributed by atoms with Gasteiger partial charge in [-0.05, 0) is 36.6 Å². The Hall–Kier alpha value is -1.000. The monoisotopic (exact) mass is 342 g/mol. The topological polar surface area (TPSA) is 35.5 Å². The van der Waals surface area contributed by atoms with E-state index in [0.29, 0.717) is 23.8 Å². The molecule has 0 amide bonds. The summed E-state index contributed by atoms with van der Waals surface area (Å²) in [7, 11) is 0. The van der Waals surface area contributed by atoms with Gasteiger partial charge in [-0.15, -0.1) is 0 Å². The van der Waals surface area contributed by atoms with Crippen LogP contribution in [0.2, 0.25) is 5.02 Å². The summed E-state index contributed by atoms with van der Waals surface area (Å²) in [6, 6.07) is 15.2. The zero-order valence-electron chi connectivity index (χ0n) is 14.5. The van der Waals surface area contributed by atoms with E-state index < -0.39 is 0 Å². The maximum Gasteiger partial charge on any atom is 1.00 e. The van der Waals surface area contributed by atoms with E-state index in [1.165, 1.54) is 0 Å². The van der Waals surface area contributed by atoms with Crippen LogP contribution in [0.25, 0.3) is 0 Å². The largest absolute Gasteiger partial charge is 1.00 e. The Labute approximate surface area is 165 Å². The van der Waals surface area contributed by atoms with E-state index in [2.05, 4.69) is 0 Å². The van der Waals surface area contributed by atoms with Gasteiger partial charge in [0.1, 0.15) is 5.75 Å². The average molecular weight is 343 g/mol. The first-order valence-electron chi connectivity index (χ1n) is 7.36. The van der Waals surface area contributed by atoms with Crippen molar-refractivity contribution in [3.8, 4) is 11.5 Å². The molecule has 0 bridgehead atoms. The molecule has 118 valence electrons. The molecule has 0 unspecified atom stereocenters. The summed E-state index contributed by atoms with van der Waals surface area (Å²) in [5.41, 5.74) is 0.922. The first-order valence-corrected chi connectivity index (χ1v) is 7.74. The van der Waals surface area contributed by atoms with E-state index >= 15 is 0 Å². The van der Waals surface area contributed by atoms with Gasteiger partial charge in [0, 0.05) is 6.42 Å². The number of benzene rings is 2. The molecular weight excluding hydrogens is 323 g/mol. The summed E-state index contributed by atoms with van der Waals surface area (Å²) >= 11 is 6.13. The molecule has 23 heavy (non-hydrogen) atoms. The van der Waals surface area contributed by atoms with Crippen LogP contribution in [-0.4, -0.2) is 12.6 Å². The molecule has 2 aromatic rings. The Kier molecular flexibility index (Phi) is 9.34. The van der Waals surface area contributed by atoms with E-state index in [0.717, 1.165) is 24.2 Å². The summed E-state index contributed by atoms with van der Waals surface area (Å²) in [5, 5.41) is 0.461. The Balaban J connectivity index is 0.00000264. The number of para-hydroxylation sites is 2. The van der Waals surface area contributed by atoms with Gasteiger partial charge >= 0.3 is 35.5 Å². The van der Waals surface area contributed by atoms with E-state index in [-0.39, 0.29) is 37.0 Å². The van der Waals surface area contributed by atoms with Crippen LogP contribution in [0.4, 0.5) is 0 Å². The minimum absolute atomic E-state index is 0. The number of ether oxygens (including phenoxy) is 2. The van der Waals surface area contributed by atoms with Gasteiger partial charge in [0.2, 0.25) is 0 Å². The van der Waals surface area contributed by atoms with Gasteiger partial charge in [0.05, 0.1) is 11.6 Å². The molecule has 2 aromatic carbocycles. The second-order valence-electron chi connectivity index (χ2n) is 4.82. The molecule has 0 heterocycles. The summed E-state index contributed by atoms with van der Waals surface area (Å²) in [5.74, 6) is 1.04. The van der Waals surface area contributed by atoms with Crippen LogP contribution in [0, 0.1) is 0 Å². The number of halogens is 1.